The lowest BCUT2D eigenvalue weighted by molar-refractivity contribution is -0.133. The van der Waals surface area contributed by atoms with Crippen LogP contribution in [0, 0.1) is 20.8 Å². The van der Waals surface area contributed by atoms with Crippen LogP contribution in [0.25, 0.3) is 0 Å². The van der Waals surface area contributed by atoms with E-state index in [1.54, 1.807) is 18.5 Å². The minimum absolute atomic E-state index is 0.0376. The number of likely N-dealkylation sites (N-methyl/N-ethyl adjacent to an activating group) is 1. The minimum Gasteiger partial charge on any atom is -0.351 e. The second-order valence-electron chi connectivity index (χ2n) is 6.59. The maximum atomic E-state index is 12.3. The number of anilines is 1. The largest absolute Gasteiger partial charge is 0.351 e. The molecule has 0 bridgehead atoms. The molecule has 1 aromatic heterocycles. The van der Waals surface area contributed by atoms with E-state index < -0.39 is 0 Å². The molecular weight excluding hydrogens is 362 g/mol. The Kier molecular flexibility index (Phi) is 7.12. The third-order valence-electron chi connectivity index (χ3n) is 4.16. The van der Waals surface area contributed by atoms with Crippen molar-refractivity contribution in [1.29, 1.82) is 0 Å². The van der Waals surface area contributed by atoms with Gasteiger partial charge in [0.1, 0.15) is 0 Å². The first-order chi connectivity index (χ1) is 12.8. The van der Waals surface area contributed by atoms with Gasteiger partial charge in [-0.3, -0.25) is 14.4 Å². The van der Waals surface area contributed by atoms with Gasteiger partial charge in [-0.2, -0.15) is 11.3 Å². The number of rotatable bonds is 7. The predicted octanol–water partition coefficient (Wildman–Crippen LogP) is 2.89. The molecule has 2 aromatic rings. The van der Waals surface area contributed by atoms with Crippen molar-refractivity contribution in [2.45, 2.75) is 27.2 Å². The maximum absolute atomic E-state index is 12.3. The van der Waals surface area contributed by atoms with Crippen molar-refractivity contribution < 1.29 is 14.4 Å². The Hall–Kier alpha value is -2.67. The third-order valence-corrected chi connectivity index (χ3v) is 4.84. The van der Waals surface area contributed by atoms with Crippen LogP contribution in [0.3, 0.4) is 0 Å². The molecule has 0 aliphatic heterocycles. The lowest BCUT2D eigenvalue weighted by atomic mass is 10.1. The molecule has 3 amide bonds. The van der Waals surface area contributed by atoms with Gasteiger partial charge in [0.05, 0.1) is 6.54 Å². The number of nitrogens with zero attached hydrogens (tertiary/aromatic N) is 1. The average Bonchev–Trinajstić information content (AvgIpc) is 3.12. The highest BCUT2D eigenvalue weighted by Crippen LogP contribution is 2.21. The van der Waals surface area contributed by atoms with Crippen molar-refractivity contribution >= 4 is 34.7 Å². The summed E-state index contributed by atoms with van der Waals surface area (Å²) in [5, 5.41) is 9.16. The third kappa shape index (κ3) is 5.92. The van der Waals surface area contributed by atoms with Crippen molar-refractivity contribution in [3.63, 3.8) is 0 Å². The minimum atomic E-state index is -0.247. The normalized spacial score (nSPS) is 10.4. The Balaban J connectivity index is 1.80. The van der Waals surface area contributed by atoms with Crippen molar-refractivity contribution in [3.8, 4) is 0 Å². The van der Waals surface area contributed by atoms with E-state index in [9.17, 15) is 14.4 Å². The van der Waals surface area contributed by atoms with E-state index in [4.69, 9.17) is 0 Å². The molecule has 2 rings (SSSR count). The first-order valence-corrected chi connectivity index (χ1v) is 9.64. The maximum Gasteiger partial charge on any atom is 0.252 e. The van der Waals surface area contributed by atoms with E-state index in [2.05, 4.69) is 10.6 Å². The lowest BCUT2D eigenvalue weighted by Gasteiger charge is -2.18. The summed E-state index contributed by atoms with van der Waals surface area (Å²) in [6.07, 6.45) is 0.141. The fourth-order valence-electron chi connectivity index (χ4n) is 2.83. The highest BCUT2D eigenvalue weighted by atomic mass is 32.1. The zero-order valence-corrected chi connectivity index (χ0v) is 16.9. The number of amides is 3. The molecule has 0 aliphatic rings. The molecule has 7 heteroatoms. The van der Waals surface area contributed by atoms with Gasteiger partial charge in [-0.15, -0.1) is 0 Å². The summed E-state index contributed by atoms with van der Waals surface area (Å²) >= 11 is 1.44. The lowest BCUT2D eigenvalue weighted by Crippen LogP contribution is -2.37. The number of hydrogen-bond acceptors (Lipinski definition) is 4. The summed E-state index contributed by atoms with van der Waals surface area (Å²) in [6, 6.07) is 5.74. The van der Waals surface area contributed by atoms with Crippen LogP contribution in [0.1, 0.15) is 33.5 Å². The SMILES string of the molecule is Cc1cc(C)c(NC(=O)CN(C)C(=O)CCNC(=O)c2ccsc2)c(C)c1. The number of carbonyl (C=O) groups is 3. The second kappa shape index (κ2) is 9.32. The number of nitrogens with one attached hydrogen (secondary N) is 2. The van der Waals surface area contributed by atoms with Crippen LogP contribution < -0.4 is 10.6 Å². The quantitative estimate of drug-likeness (QED) is 0.767. The standard InChI is InChI=1S/C20H25N3O3S/c1-13-9-14(2)19(15(3)10-13)22-17(24)11-23(4)18(25)5-7-21-20(26)16-6-8-27-12-16/h6,8-10,12H,5,7,11H2,1-4H3,(H,21,26)(H,22,24). The zero-order chi connectivity index (χ0) is 20.0. The Labute approximate surface area is 163 Å². The Morgan fingerprint density at radius 3 is 2.37 bits per heavy atom. The van der Waals surface area contributed by atoms with E-state index in [0.29, 0.717) is 5.56 Å². The fourth-order valence-corrected chi connectivity index (χ4v) is 3.47. The van der Waals surface area contributed by atoms with E-state index in [1.807, 2.05) is 38.3 Å². The first kappa shape index (κ1) is 20.6. The summed E-state index contributed by atoms with van der Waals surface area (Å²) in [4.78, 5) is 37.7. The highest BCUT2D eigenvalue weighted by Gasteiger charge is 2.15. The number of hydrogen-bond donors (Lipinski definition) is 2. The molecule has 6 nitrogen and oxygen atoms in total. The van der Waals surface area contributed by atoms with Gasteiger partial charge in [0.15, 0.2) is 0 Å². The predicted molar refractivity (Wildman–Crippen MR) is 108 cm³/mol. The Morgan fingerprint density at radius 1 is 1.11 bits per heavy atom. The first-order valence-electron chi connectivity index (χ1n) is 8.70. The van der Waals surface area contributed by atoms with Crippen molar-refractivity contribution in [2.24, 2.45) is 0 Å². The van der Waals surface area contributed by atoms with Gasteiger partial charge in [-0.05, 0) is 43.3 Å². The van der Waals surface area contributed by atoms with Gasteiger partial charge in [0.2, 0.25) is 11.8 Å². The Morgan fingerprint density at radius 2 is 1.78 bits per heavy atom. The Bertz CT molecular complexity index is 808. The molecule has 1 heterocycles. The van der Waals surface area contributed by atoms with Crippen molar-refractivity contribution in [2.75, 3.05) is 25.5 Å². The van der Waals surface area contributed by atoms with Crippen molar-refractivity contribution in [1.82, 2.24) is 10.2 Å². The summed E-state index contributed by atoms with van der Waals surface area (Å²) in [6.45, 7) is 6.09. The van der Waals surface area contributed by atoms with E-state index in [1.165, 1.54) is 16.2 Å². The molecule has 0 fully saturated rings. The molecule has 1 aromatic carbocycles. The number of thiophene rings is 1. The smallest absolute Gasteiger partial charge is 0.252 e. The molecule has 0 atom stereocenters. The molecule has 0 radical (unpaired) electrons. The van der Waals surface area contributed by atoms with Gasteiger partial charge in [0.25, 0.3) is 5.91 Å². The van der Waals surface area contributed by atoms with Gasteiger partial charge in [-0.25, -0.2) is 0 Å². The average molecular weight is 388 g/mol. The molecular formula is C20H25N3O3S. The van der Waals surface area contributed by atoms with Crippen LogP contribution in [-0.4, -0.2) is 42.8 Å². The van der Waals surface area contributed by atoms with Gasteiger partial charge in [0, 0.05) is 36.6 Å². The summed E-state index contributed by atoms with van der Waals surface area (Å²) in [5.74, 6) is -0.647. The summed E-state index contributed by atoms with van der Waals surface area (Å²) in [5.41, 5.74) is 4.50. The van der Waals surface area contributed by atoms with Crippen LogP contribution in [0.4, 0.5) is 5.69 Å². The van der Waals surface area contributed by atoms with E-state index in [-0.39, 0.29) is 37.2 Å². The summed E-state index contributed by atoms with van der Waals surface area (Å²) < 4.78 is 0. The molecule has 27 heavy (non-hydrogen) atoms. The highest BCUT2D eigenvalue weighted by molar-refractivity contribution is 7.08. The van der Waals surface area contributed by atoms with E-state index in [0.717, 1.165) is 22.4 Å². The molecule has 0 saturated carbocycles. The molecule has 144 valence electrons. The fraction of sp³-hybridized carbons (Fsp3) is 0.350. The van der Waals surface area contributed by atoms with Gasteiger partial charge in [-0.1, -0.05) is 17.7 Å². The molecule has 0 spiro atoms. The summed E-state index contributed by atoms with van der Waals surface area (Å²) in [7, 11) is 1.58. The number of aryl methyl sites for hydroxylation is 3. The second-order valence-corrected chi connectivity index (χ2v) is 7.37. The topological polar surface area (TPSA) is 78.5 Å². The monoisotopic (exact) mass is 387 g/mol. The van der Waals surface area contributed by atoms with E-state index >= 15 is 0 Å². The molecule has 2 N–H and O–H groups in total. The molecule has 0 unspecified atom stereocenters. The van der Waals surface area contributed by atoms with Crippen LogP contribution >= 0.6 is 11.3 Å². The van der Waals surface area contributed by atoms with Gasteiger partial charge >= 0.3 is 0 Å². The van der Waals surface area contributed by atoms with Crippen LogP contribution in [0.15, 0.2) is 29.0 Å². The van der Waals surface area contributed by atoms with Crippen LogP contribution in [-0.2, 0) is 9.59 Å². The number of carbonyl (C=O) groups excluding carboxylic acids is 3. The van der Waals surface area contributed by atoms with Gasteiger partial charge < -0.3 is 15.5 Å². The molecule has 0 aliphatic carbocycles. The number of benzene rings is 1. The van der Waals surface area contributed by atoms with Crippen molar-refractivity contribution in [3.05, 3.63) is 51.2 Å². The molecule has 0 saturated heterocycles. The zero-order valence-electron chi connectivity index (χ0n) is 16.1. The van der Waals surface area contributed by atoms with Crippen LogP contribution in [0.2, 0.25) is 0 Å². The van der Waals surface area contributed by atoms with Crippen LogP contribution in [0.5, 0.6) is 0 Å².